The number of esters is 1. The van der Waals surface area contributed by atoms with Gasteiger partial charge in [0, 0.05) is 12.3 Å². The number of amides is 1. The fourth-order valence-corrected chi connectivity index (χ4v) is 3.55. The van der Waals surface area contributed by atoms with Crippen molar-refractivity contribution in [3.63, 3.8) is 0 Å². The molecule has 2 aliphatic rings. The Hall–Kier alpha value is -2.10. The molecule has 4 atom stereocenters. The largest absolute Gasteiger partial charge is 0.467 e. The van der Waals surface area contributed by atoms with E-state index in [1.54, 1.807) is 0 Å². The number of allylic oxidation sites excluding steroid dienone is 2. The molecule has 3 rings (SSSR count). The molecule has 0 spiro atoms. The zero-order valence-corrected chi connectivity index (χ0v) is 12.7. The molecule has 4 nitrogen and oxygen atoms in total. The standard InChI is InChI=1S/C18H21NO3/c1-22-18(21)16(11-12-5-3-2-4-6-12)19-17(20)15-10-13-7-8-14(15)9-13/h2-8,13-16H,9-11H2,1H3,(H,19,20)/t13-,14+,15+,16-/m0/s1. The van der Waals surface area contributed by atoms with Gasteiger partial charge in [-0.25, -0.2) is 4.79 Å². The molecule has 1 fully saturated rings. The van der Waals surface area contributed by atoms with Crippen molar-refractivity contribution in [3.8, 4) is 0 Å². The van der Waals surface area contributed by atoms with Crippen molar-refractivity contribution < 1.29 is 14.3 Å². The molecule has 1 saturated carbocycles. The average molecular weight is 299 g/mol. The number of nitrogens with one attached hydrogen (secondary N) is 1. The van der Waals surface area contributed by atoms with Crippen LogP contribution in [0.1, 0.15) is 18.4 Å². The first-order valence-electron chi connectivity index (χ1n) is 7.78. The maximum Gasteiger partial charge on any atom is 0.328 e. The van der Waals surface area contributed by atoms with Gasteiger partial charge in [0.2, 0.25) is 5.91 Å². The van der Waals surface area contributed by atoms with Crippen LogP contribution in [-0.2, 0) is 20.7 Å². The molecule has 0 saturated heterocycles. The number of hydrogen-bond donors (Lipinski definition) is 1. The molecule has 0 aromatic heterocycles. The molecule has 1 aromatic rings. The summed E-state index contributed by atoms with van der Waals surface area (Å²) in [6, 6.07) is 9.04. The van der Waals surface area contributed by atoms with Crippen molar-refractivity contribution in [1.82, 2.24) is 5.32 Å². The van der Waals surface area contributed by atoms with Crippen molar-refractivity contribution >= 4 is 11.9 Å². The van der Waals surface area contributed by atoms with Gasteiger partial charge in [-0.15, -0.1) is 0 Å². The Balaban J connectivity index is 1.66. The van der Waals surface area contributed by atoms with Crippen molar-refractivity contribution in [2.75, 3.05) is 7.11 Å². The first-order chi connectivity index (χ1) is 10.7. The number of fused-ring (bicyclic) bond motifs is 2. The summed E-state index contributed by atoms with van der Waals surface area (Å²) in [5.74, 6) is 0.448. The predicted molar refractivity (Wildman–Crippen MR) is 82.9 cm³/mol. The van der Waals surface area contributed by atoms with E-state index in [0.717, 1.165) is 18.4 Å². The molecule has 1 amide bonds. The maximum atomic E-state index is 12.5. The Morgan fingerprint density at radius 2 is 2.00 bits per heavy atom. The highest BCUT2D eigenvalue weighted by Crippen LogP contribution is 2.43. The summed E-state index contributed by atoms with van der Waals surface area (Å²) < 4.78 is 4.84. The van der Waals surface area contributed by atoms with Crippen LogP contribution in [0.2, 0.25) is 0 Å². The second kappa shape index (κ2) is 6.34. The van der Waals surface area contributed by atoms with E-state index in [9.17, 15) is 9.59 Å². The van der Waals surface area contributed by atoms with Crippen molar-refractivity contribution in [1.29, 1.82) is 0 Å². The molecule has 4 heteroatoms. The zero-order valence-electron chi connectivity index (χ0n) is 12.7. The summed E-state index contributed by atoms with van der Waals surface area (Å²) in [7, 11) is 1.35. The third-order valence-corrected chi connectivity index (χ3v) is 4.70. The SMILES string of the molecule is COC(=O)[C@H](Cc1ccccc1)NC(=O)[C@@H]1C[C@H]2C=C[C@@H]1C2. The first-order valence-corrected chi connectivity index (χ1v) is 7.78. The third kappa shape index (κ3) is 3.06. The van der Waals surface area contributed by atoms with Gasteiger partial charge in [0.05, 0.1) is 7.11 Å². The van der Waals surface area contributed by atoms with Crippen LogP contribution in [0.3, 0.4) is 0 Å². The van der Waals surface area contributed by atoms with Crippen LogP contribution in [-0.4, -0.2) is 25.0 Å². The Kier molecular flexibility index (Phi) is 4.27. The monoisotopic (exact) mass is 299 g/mol. The predicted octanol–water partition coefficient (Wildman–Crippen LogP) is 2.10. The van der Waals surface area contributed by atoms with Crippen LogP contribution in [0.5, 0.6) is 0 Å². The lowest BCUT2D eigenvalue weighted by atomic mass is 9.92. The van der Waals surface area contributed by atoms with Crippen molar-refractivity contribution in [2.24, 2.45) is 17.8 Å². The molecule has 2 aliphatic carbocycles. The zero-order chi connectivity index (χ0) is 15.5. The normalized spacial score (nSPS) is 26.7. The van der Waals surface area contributed by atoms with Crippen LogP contribution in [0.4, 0.5) is 0 Å². The highest BCUT2D eigenvalue weighted by atomic mass is 16.5. The van der Waals surface area contributed by atoms with Crippen LogP contribution in [0.15, 0.2) is 42.5 Å². The molecule has 0 unspecified atom stereocenters. The lowest BCUT2D eigenvalue weighted by Crippen LogP contribution is -2.46. The molecular weight excluding hydrogens is 278 g/mol. The lowest BCUT2D eigenvalue weighted by Gasteiger charge is -2.22. The Morgan fingerprint density at radius 1 is 1.23 bits per heavy atom. The summed E-state index contributed by atoms with van der Waals surface area (Å²) in [5.41, 5.74) is 1.01. The van der Waals surface area contributed by atoms with E-state index in [-0.39, 0.29) is 11.8 Å². The third-order valence-electron chi connectivity index (χ3n) is 4.70. The summed E-state index contributed by atoms with van der Waals surface area (Å²) in [5, 5.41) is 2.90. The Morgan fingerprint density at radius 3 is 2.59 bits per heavy atom. The Labute approximate surface area is 130 Å². The maximum absolute atomic E-state index is 12.5. The van der Waals surface area contributed by atoms with E-state index in [1.807, 2.05) is 30.3 Å². The summed E-state index contributed by atoms with van der Waals surface area (Å²) in [6.07, 6.45) is 6.76. The van der Waals surface area contributed by atoms with Crippen molar-refractivity contribution in [3.05, 3.63) is 48.0 Å². The average Bonchev–Trinajstić information content (AvgIpc) is 3.17. The first kappa shape index (κ1) is 14.8. The van der Waals surface area contributed by atoms with Gasteiger partial charge in [0.1, 0.15) is 6.04 Å². The minimum Gasteiger partial charge on any atom is -0.467 e. The van der Waals surface area contributed by atoms with Gasteiger partial charge >= 0.3 is 5.97 Å². The van der Waals surface area contributed by atoms with Crippen LogP contribution in [0, 0.1) is 17.8 Å². The number of rotatable bonds is 5. The number of benzene rings is 1. The number of methoxy groups -OCH3 is 1. The Bertz CT molecular complexity index is 581. The van der Waals surface area contributed by atoms with Gasteiger partial charge in [-0.05, 0) is 30.2 Å². The van der Waals surface area contributed by atoms with Crippen molar-refractivity contribution in [2.45, 2.75) is 25.3 Å². The molecule has 1 N–H and O–H groups in total. The van der Waals surface area contributed by atoms with E-state index in [4.69, 9.17) is 4.74 Å². The van der Waals surface area contributed by atoms with Gasteiger partial charge in [-0.3, -0.25) is 4.79 Å². The molecule has 1 aromatic carbocycles. The summed E-state index contributed by atoms with van der Waals surface area (Å²) >= 11 is 0. The lowest BCUT2D eigenvalue weighted by molar-refractivity contribution is -0.145. The smallest absolute Gasteiger partial charge is 0.328 e. The molecule has 116 valence electrons. The van der Waals surface area contributed by atoms with E-state index < -0.39 is 12.0 Å². The number of ether oxygens (including phenoxy) is 1. The highest BCUT2D eigenvalue weighted by Gasteiger charge is 2.40. The van der Waals surface area contributed by atoms with Gasteiger partial charge in [0.25, 0.3) is 0 Å². The minimum absolute atomic E-state index is 0.00192. The molecule has 0 aliphatic heterocycles. The molecule has 2 bridgehead atoms. The molecule has 22 heavy (non-hydrogen) atoms. The second-order valence-corrected chi connectivity index (χ2v) is 6.16. The van der Waals surface area contributed by atoms with E-state index >= 15 is 0 Å². The number of hydrogen-bond acceptors (Lipinski definition) is 3. The quantitative estimate of drug-likeness (QED) is 0.669. The van der Waals surface area contributed by atoms with E-state index in [1.165, 1.54) is 7.11 Å². The fourth-order valence-electron chi connectivity index (χ4n) is 3.55. The fraction of sp³-hybridized carbons (Fsp3) is 0.444. The van der Waals surface area contributed by atoms with E-state index in [0.29, 0.717) is 18.3 Å². The minimum atomic E-state index is -0.622. The summed E-state index contributed by atoms with van der Waals surface area (Å²) in [6.45, 7) is 0. The van der Waals surface area contributed by atoms with Crippen LogP contribution >= 0.6 is 0 Å². The van der Waals surface area contributed by atoms with Gasteiger partial charge in [0.15, 0.2) is 0 Å². The number of carbonyl (C=O) groups excluding carboxylic acids is 2. The van der Waals surface area contributed by atoms with Crippen LogP contribution < -0.4 is 5.32 Å². The molecule has 0 radical (unpaired) electrons. The number of carbonyl (C=O) groups is 2. The molecular formula is C18H21NO3. The van der Waals surface area contributed by atoms with E-state index in [2.05, 4.69) is 17.5 Å². The molecule has 0 heterocycles. The van der Waals surface area contributed by atoms with Gasteiger partial charge < -0.3 is 10.1 Å². The highest BCUT2D eigenvalue weighted by molar-refractivity contribution is 5.86. The topological polar surface area (TPSA) is 55.4 Å². The summed E-state index contributed by atoms with van der Waals surface area (Å²) in [4.78, 5) is 24.5. The van der Waals surface area contributed by atoms with Gasteiger partial charge in [-0.1, -0.05) is 42.5 Å². The van der Waals surface area contributed by atoms with Crippen LogP contribution in [0.25, 0.3) is 0 Å². The van der Waals surface area contributed by atoms with Gasteiger partial charge in [-0.2, -0.15) is 0 Å². The second-order valence-electron chi connectivity index (χ2n) is 6.16.